The van der Waals surface area contributed by atoms with Gasteiger partial charge in [-0.2, -0.15) is 13.2 Å². The van der Waals surface area contributed by atoms with Crippen molar-refractivity contribution < 1.29 is 18.0 Å². The van der Waals surface area contributed by atoms with E-state index in [4.69, 9.17) is 0 Å². The van der Waals surface area contributed by atoms with E-state index in [9.17, 15) is 18.0 Å². The van der Waals surface area contributed by atoms with Gasteiger partial charge in [-0.3, -0.25) is 4.79 Å². The molecule has 0 unspecified atom stereocenters. The number of hydrogen-bond donors (Lipinski definition) is 0. The first kappa shape index (κ1) is 16.5. The quantitative estimate of drug-likeness (QED) is 0.762. The van der Waals surface area contributed by atoms with Crippen LogP contribution >= 0.6 is 15.9 Å². The third-order valence-corrected chi connectivity index (χ3v) is 3.67. The number of alkyl halides is 3. The number of carbonyl (C=O) groups is 1. The molecule has 0 atom stereocenters. The fraction of sp³-hybridized carbons (Fsp3) is 0.188. The molecule has 0 aliphatic heterocycles. The van der Waals surface area contributed by atoms with Crippen molar-refractivity contribution in [2.45, 2.75) is 12.7 Å². The minimum Gasteiger partial charge on any atom is -0.337 e. The van der Waals surface area contributed by atoms with E-state index < -0.39 is 11.7 Å². The third kappa shape index (κ3) is 4.10. The van der Waals surface area contributed by atoms with E-state index in [-0.39, 0.29) is 12.5 Å². The van der Waals surface area contributed by atoms with Crippen molar-refractivity contribution in [3.8, 4) is 0 Å². The normalized spacial score (nSPS) is 11.3. The Morgan fingerprint density at radius 1 is 1.05 bits per heavy atom. The Kier molecular flexibility index (Phi) is 4.90. The van der Waals surface area contributed by atoms with Crippen molar-refractivity contribution in [1.82, 2.24) is 4.90 Å². The number of amides is 1. The van der Waals surface area contributed by atoms with Crippen LogP contribution in [0.2, 0.25) is 0 Å². The Balaban J connectivity index is 2.06. The van der Waals surface area contributed by atoms with Crippen LogP contribution in [0, 0.1) is 0 Å². The van der Waals surface area contributed by atoms with Gasteiger partial charge in [0, 0.05) is 23.6 Å². The summed E-state index contributed by atoms with van der Waals surface area (Å²) < 4.78 is 38.4. The molecule has 0 fully saturated rings. The minimum atomic E-state index is -4.35. The number of carbonyl (C=O) groups excluding carboxylic acids is 1. The van der Waals surface area contributed by atoms with Gasteiger partial charge in [-0.25, -0.2) is 0 Å². The monoisotopic (exact) mass is 371 g/mol. The maximum absolute atomic E-state index is 12.5. The van der Waals surface area contributed by atoms with E-state index in [1.807, 2.05) is 0 Å². The lowest BCUT2D eigenvalue weighted by atomic mass is 10.1. The fourth-order valence-electron chi connectivity index (χ4n) is 1.96. The molecule has 0 aromatic heterocycles. The molecule has 0 N–H and O–H groups in total. The maximum atomic E-state index is 12.5. The summed E-state index contributed by atoms with van der Waals surface area (Å²) in [4.78, 5) is 13.7. The summed E-state index contributed by atoms with van der Waals surface area (Å²) >= 11 is 3.29. The van der Waals surface area contributed by atoms with Crippen LogP contribution in [0.3, 0.4) is 0 Å². The molecule has 2 rings (SSSR count). The summed E-state index contributed by atoms with van der Waals surface area (Å²) in [6, 6.07) is 11.7. The van der Waals surface area contributed by atoms with Crippen LogP contribution in [-0.2, 0) is 12.7 Å². The first-order valence-corrected chi connectivity index (χ1v) is 7.24. The molecule has 2 nitrogen and oxygen atoms in total. The molecular weight excluding hydrogens is 359 g/mol. The fourth-order valence-corrected chi connectivity index (χ4v) is 2.22. The molecular formula is C16H13BrF3NO. The molecule has 0 aliphatic carbocycles. The molecule has 0 radical (unpaired) electrons. The van der Waals surface area contributed by atoms with Crippen molar-refractivity contribution in [3.05, 3.63) is 69.7 Å². The summed E-state index contributed by atoms with van der Waals surface area (Å²) in [6.07, 6.45) is -4.35. The summed E-state index contributed by atoms with van der Waals surface area (Å²) in [5.41, 5.74) is 0.469. The molecule has 0 spiro atoms. The van der Waals surface area contributed by atoms with Gasteiger partial charge in [0.1, 0.15) is 0 Å². The molecule has 0 saturated heterocycles. The Bertz CT molecular complexity index is 651. The molecule has 0 aliphatic rings. The Hall–Kier alpha value is -1.82. The lowest BCUT2D eigenvalue weighted by molar-refractivity contribution is -0.137. The van der Waals surface area contributed by atoms with E-state index >= 15 is 0 Å². The van der Waals surface area contributed by atoms with Crippen molar-refractivity contribution in [1.29, 1.82) is 0 Å². The average molecular weight is 372 g/mol. The molecule has 0 saturated carbocycles. The summed E-state index contributed by atoms with van der Waals surface area (Å²) in [5, 5.41) is 0. The first-order valence-electron chi connectivity index (χ1n) is 6.44. The van der Waals surface area contributed by atoms with Gasteiger partial charge in [0.05, 0.1) is 5.56 Å². The second kappa shape index (κ2) is 6.52. The van der Waals surface area contributed by atoms with Gasteiger partial charge in [-0.05, 0) is 42.0 Å². The van der Waals surface area contributed by atoms with Crippen LogP contribution in [0.5, 0.6) is 0 Å². The SMILES string of the molecule is CN(Cc1ccc(C(F)(F)F)cc1)C(=O)c1ccc(Br)cc1. The topological polar surface area (TPSA) is 20.3 Å². The van der Waals surface area contributed by atoms with Gasteiger partial charge in [-0.15, -0.1) is 0 Å². The van der Waals surface area contributed by atoms with E-state index in [0.29, 0.717) is 11.1 Å². The number of halogens is 4. The van der Waals surface area contributed by atoms with Crippen molar-refractivity contribution >= 4 is 21.8 Å². The largest absolute Gasteiger partial charge is 0.416 e. The number of rotatable bonds is 3. The zero-order valence-corrected chi connectivity index (χ0v) is 13.3. The van der Waals surface area contributed by atoms with Crippen molar-refractivity contribution in [2.75, 3.05) is 7.05 Å². The van der Waals surface area contributed by atoms with Crippen molar-refractivity contribution in [3.63, 3.8) is 0 Å². The lowest BCUT2D eigenvalue weighted by Crippen LogP contribution is -2.26. The molecule has 0 heterocycles. The summed E-state index contributed by atoms with van der Waals surface area (Å²) in [6.45, 7) is 0.243. The highest BCUT2D eigenvalue weighted by Crippen LogP contribution is 2.29. The molecule has 2 aromatic rings. The van der Waals surface area contributed by atoms with Gasteiger partial charge < -0.3 is 4.90 Å². The molecule has 6 heteroatoms. The predicted octanol–water partition coefficient (Wildman–Crippen LogP) is 4.74. The Labute approximate surface area is 134 Å². The zero-order chi connectivity index (χ0) is 16.3. The van der Waals surface area contributed by atoms with Gasteiger partial charge in [0.25, 0.3) is 5.91 Å². The maximum Gasteiger partial charge on any atom is 0.416 e. The molecule has 116 valence electrons. The van der Waals surface area contributed by atoms with Gasteiger partial charge >= 0.3 is 6.18 Å². The van der Waals surface area contributed by atoms with Crippen LogP contribution < -0.4 is 0 Å². The summed E-state index contributed by atoms with van der Waals surface area (Å²) in [7, 11) is 1.61. The third-order valence-electron chi connectivity index (χ3n) is 3.14. The first-order chi connectivity index (χ1) is 10.3. The van der Waals surface area contributed by atoms with E-state index in [0.717, 1.165) is 16.6 Å². The number of nitrogens with zero attached hydrogens (tertiary/aromatic N) is 1. The Morgan fingerprint density at radius 3 is 2.09 bits per heavy atom. The number of hydrogen-bond acceptors (Lipinski definition) is 1. The summed E-state index contributed by atoms with van der Waals surface area (Å²) in [5.74, 6) is -0.188. The van der Waals surface area contributed by atoms with Gasteiger partial charge in [-0.1, -0.05) is 28.1 Å². The molecule has 22 heavy (non-hydrogen) atoms. The smallest absolute Gasteiger partial charge is 0.337 e. The van der Waals surface area contributed by atoms with Gasteiger partial charge in [0.2, 0.25) is 0 Å². The Morgan fingerprint density at radius 2 is 1.59 bits per heavy atom. The molecule has 0 bridgehead atoms. The van der Waals surface area contributed by atoms with Crippen LogP contribution in [-0.4, -0.2) is 17.9 Å². The zero-order valence-electron chi connectivity index (χ0n) is 11.7. The van der Waals surface area contributed by atoms with Crippen molar-refractivity contribution in [2.24, 2.45) is 0 Å². The van der Waals surface area contributed by atoms with E-state index in [1.54, 1.807) is 31.3 Å². The van der Waals surface area contributed by atoms with Crippen LogP contribution in [0.25, 0.3) is 0 Å². The van der Waals surface area contributed by atoms with E-state index in [2.05, 4.69) is 15.9 Å². The predicted molar refractivity (Wildman–Crippen MR) is 81.4 cm³/mol. The highest BCUT2D eigenvalue weighted by atomic mass is 79.9. The average Bonchev–Trinajstić information content (AvgIpc) is 2.47. The molecule has 2 aromatic carbocycles. The van der Waals surface area contributed by atoms with Crippen LogP contribution in [0.1, 0.15) is 21.5 Å². The van der Waals surface area contributed by atoms with Gasteiger partial charge in [0.15, 0.2) is 0 Å². The van der Waals surface area contributed by atoms with E-state index in [1.165, 1.54) is 17.0 Å². The highest BCUT2D eigenvalue weighted by molar-refractivity contribution is 9.10. The standard InChI is InChI=1S/C16H13BrF3NO/c1-21(15(22)12-4-8-14(17)9-5-12)10-11-2-6-13(7-3-11)16(18,19)20/h2-9H,10H2,1H3. The lowest BCUT2D eigenvalue weighted by Gasteiger charge is -2.18. The minimum absolute atomic E-state index is 0.188. The molecule has 1 amide bonds. The van der Waals surface area contributed by atoms with Crippen LogP contribution in [0.15, 0.2) is 53.0 Å². The second-order valence-electron chi connectivity index (χ2n) is 4.86. The number of benzene rings is 2. The second-order valence-corrected chi connectivity index (χ2v) is 5.78. The van der Waals surface area contributed by atoms with Crippen LogP contribution in [0.4, 0.5) is 13.2 Å². The highest BCUT2D eigenvalue weighted by Gasteiger charge is 2.29.